The lowest BCUT2D eigenvalue weighted by molar-refractivity contribution is 0.415. The van der Waals surface area contributed by atoms with Crippen LogP contribution in [0.1, 0.15) is 5.56 Å². The van der Waals surface area contributed by atoms with Crippen LogP contribution in [0.5, 0.6) is 28.7 Å². The van der Waals surface area contributed by atoms with Gasteiger partial charge in [-0.15, -0.1) is 0 Å². The number of aryl methyl sites for hydroxylation is 1. The molecule has 0 fully saturated rings. The number of benzene rings is 6. The van der Waals surface area contributed by atoms with E-state index in [4.69, 9.17) is 33.7 Å². The molecular weight excluding hydrogens is 733 g/mol. The fraction of sp³-hybridized carbons (Fsp3) is 0.115. The highest BCUT2D eigenvalue weighted by molar-refractivity contribution is 5.81. The second kappa shape index (κ2) is 18.7. The minimum absolute atomic E-state index is 0.777. The number of methoxy groups -OCH3 is 5. The molecule has 0 aliphatic carbocycles. The van der Waals surface area contributed by atoms with Gasteiger partial charge in [0.1, 0.15) is 28.7 Å². The third-order valence-corrected chi connectivity index (χ3v) is 9.96. The molecule has 0 spiro atoms. The number of pyridine rings is 2. The molecule has 0 atom stereocenters. The molecule has 8 aromatic rings. The van der Waals surface area contributed by atoms with Gasteiger partial charge in [0.05, 0.1) is 58.3 Å². The van der Waals surface area contributed by atoms with Gasteiger partial charge in [-0.3, -0.25) is 0 Å². The molecule has 0 aliphatic heterocycles. The number of aromatic nitrogens is 2. The van der Waals surface area contributed by atoms with Gasteiger partial charge in [0.15, 0.2) is 0 Å². The highest BCUT2D eigenvalue weighted by Gasteiger charge is 2.15. The monoisotopic (exact) mass is 778 g/mol. The first-order valence-electron chi connectivity index (χ1n) is 19.2. The Balaban J connectivity index is 0.000000179. The summed E-state index contributed by atoms with van der Waals surface area (Å²) >= 11 is 0. The number of rotatable bonds is 11. The Morgan fingerprint density at radius 1 is 0.305 bits per heavy atom. The Morgan fingerprint density at radius 2 is 0.746 bits per heavy atom. The van der Waals surface area contributed by atoms with Crippen LogP contribution in [0.25, 0.3) is 67.3 Å². The van der Waals surface area contributed by atoms with Crippen molar-refractivity contribution in [3.05, 3.63) is 175 Å². The summed E-state index contributed by atoms with van der Waals surface area (Å²) in [6.07, 6.45) is 0. The molecule has 2 heterocycles. The van der Waals surface area contributed by atoms with Crippen LogP contribution < -0.4 is 23.7 Å². The van der Waals surface area contributed by atoms with Crippen molar-refractivity contribution in [3.63, 3.8) is 0 Å². The predicted molar refractivity (Wildman–Crippen MR) is 239 cm³/mol. The first-order chi connectivity index (χ1) is 28.9. The Hall–Kier alpha value is -7.38. The van der Waals surface area contributed by atoms with Crippen molar-refractivity contribution in [2.45, 2.75) is 6.92 Å². The van der Waals surface area contributed by atoms with Gasteiger partial charge < -0.3 is 23.7 Å². The van der Waals surface area contributed by atoms with Crippen molar-refractivity contribution in [2.75, 3.05) is 35.5 Å². The van der Waals surface area contributed by atoms with Crippen molar-refractivity contribution >= 4 is 0 Å². The molecule has 7 heteroatoms. The van der Waals surface area contributed by atoms with E-state index in [1.165, 1.54) is 5.56 Å². The number of hydrogen-bond donors (Lipinski definition) is 0. The average molecular weight is 779 g/mol. The van der Waals surface area contributed by atoms with E-state index in [1.54, 1.807) is 35.5 Å². The molecule has 0 amide bonds. The predicted octanol–water partition coefficient (Wildman–Crippen LogP) is 12.5. The van der Waals surface area contributed by atoms with Gasteiger partial charge in [-0.2, -0.15) is 0 Å². The molecule has 2 aromatic heterocycles. The third-order valence-electron chi connectivity index (χ3n) is 9.96. The van der Waals surface area contributed by atoms with Gasteiger partial charge in [-0.05, 0) is 114 Å². The van der Waals surface area contributed by atoms with Crippen LogP contribution in [0.2, 0.25) is 0 Å². The van der Waals surface area contributed by atoms with Crippen LogP contribution in [0, 0.1) is 6.92 Å². The van der Waals surface area contributed by atoms with E-state index in [1.807, 2.05) is 97.1 Å². The summed E-state index contributed by atoms with van der Waals surface area (Å²) in [7, 11) is 8.37. The van der Waals surface area contributed by atoms with Crippen molar-refractivity contribution < 1.29 is 23.7 Å². The number of hydrogen-bond acceptors (Lipinski definition) is 7. The Morgan fingerprint density at radius 3 is 1.29 bits per heavy atom. The van der Waals surface area contributed by atoms with Crippen LogP contribution in [0.4, 0.5) is 0 Å². The molecule has 59 heavy (non-hydrogen) atoms. The zero-order valence-corrected chi connectivity index (χ0v) is 34.1. The summed E-state index contributed by atoms with van der Waals surface area (Å²) in [5.41, 5.74) is 13.0. The van der Waals surface area contributed by atoms with Crippen LogP contribution >= 0.6 is 0 Å². The highest BCUT2D eigenvalue weighted by atomic mass is 16.5. The summed E-state index contributed by atoms with van der Waals surface area (Å²) < 4.78 is 27.3. The lowest BCUT2D eigenvalue weighted by Crippen LogP contribution is -1.95. The molecular formula is C52H46N2O5. The second-order valence-electron chi connectivity index (χ2n) is 13.7. The van der Waals surface area contributed by atoms with E-state index < -0.39 is 0 Å². The van der Waals surface area contributed by atoms with Crippen molar-refractivity contribution in [1.29, 1.82) is 0 Å². The largest absolute Gasteiger partial charge is 0.497 e. The standard InChI is InChI=1S/C26H23NO3.C26H23NO2/c1-28-20-10-8-9-18(15-20)19-16-23(21-11-4-6-13-25(21)29-2)27-24(17-19)22-12-5-7-14-26(22)30-3;1-18-7-9-20(10-8-18)25-16-22(19-11-13-23(28-2)14-12-19)17-26(27-25)21-5-4-6-24(15-21)29-3/h4-17H,1-3H3;4-17H,1-3H3. The maximum atomic E-state index is 5.59. The molecule has 294 valence electrons. The molecule has 6 aromatic carbocycles. The molecule has 0 saturated carbocycles. The maximum Gasteiger partial charge on any atom is 0.128 e. The Bertz CT molecular complexity index is 2590. The summed E-state index contributed by atoms with van der Waals surface area (Å²) in [5.74, 6) is 4.02. The first-order valence-corrected chi connectivity index (χ1v) is 19.2. The molecule has 0 saturated heterocycles. The molecule has 0 radical (unpaired) electrons. The van der Waals surface area contributed by atoms with Crippen molar-refractivity contribution in [1.82, 2.24) is 9.97 Å². The van der Waals surface area contributed by atoms with Crippen LogP contribution in [-0.2, 0) is 0 Å². The lowest BCUT2D eigenvalue weighted by Gasteiger charge is -2.14. The average Bonchev–Trinajstić information content (AvgIpc) is 3.31. The van der Waals surface area contributed by atoms with Gasteiger partial charge in [0.2, 0.25) is 0 Å². The van der Waals surface area contributed by atoms with Crippen molar-refractivity contribution in [3.8, 4) is 96.0 Å². The summed E-state index contributed by atoms with van der Waals surface area (Å²) in [6, 6.07) is 56.8. The fourth-order valence-electron chi connectivity index (χ4n) is 6.77. The van der Waals surface area contributed by atoms with E-state index >= 15 is 0 Å². The Kier molecular flexibility index (Phi) is 12.6. The Labute approximate surface area is 346 Å². The quantitative estimate of drug-likeness (QED) is 0.129. The summed E-state index contributed by atoms with van der Waals surface area (Å²) in [6.45, 7) is 2.09. The van der Waals surface area contributed by atoms with Gasteiger partial charge >= 0.3 is 0 Å². The zero-order chi connectivity index (χ0) is 41.1. The second-order valence-corrected chi connectivity index (χ2v) is 13.7. The van der Waals surface area contributed by atoms with E-state index in [2.05, 4.69) is 79.7 Å². The number of nitrogens with zero attached hydrogens (tertiary/aromatic N) is 2. The van der Waals surface area contributed by atoms with Gasteiger partial charge in [0.25, 0.3) is 0 Å². The lowest BCUT2D eigenvalue weighted by atomic mass is 9.99. The van der Waals surface area contributed by atoms with E-state index in [0.717, 1.165) is 96.0 Å². The molecule has 0 N–H and O–H groups in total. The minimum Gasteiger partial charge on any atom is -0.497 e. The van der Waals surface area contributed by atoms with E-state index in [0.29, 0.717) is 0 Å². The van der Waals surface area contributed by atoms with E-state index in [-0.39, 0.29) is 0 Å². The highest BCUT2D eigenvalue weighted by Crippen LogP contribution is 2.38. The van der Waals surface area contributed by atoms with Gasteiger partial charge in [0, 0.05) is 22.3 Å². The zero-order valence-electron chi connectivity index (χ0n) is 34.1. The summed E-state index contributed by atoms with van der Waals surface area (Å²) in [4.78, 5) is 9.93. The van der Waals surface area contributed by atoms with E-state index in [9.17, 15) is 0 Å². The minimum atomic E-state index is 0.777. The smallest absolute Gasteiger partial charge is 0.128 e. The molecule has 0 aliphatic rings. The van der Waals surface area contributed by atoms with Crippen molar-refractivity contribution in [2.24, 2.45) is 0 Å². The van der Waals surface area contributed by atoms with Gasteiger partial charge in [-0.25, -0.2) is 9.97 Å². The molecule has 7 nitrogen and oxygen atoms in total. The van der Waals surface area contributed by atoms with Crippen LogP contribution in [0.3, 0.4) is 0 Å². The molecule has 8 rings (SSSR count). The van der Waals surface area contributed by atoms with Crippen LogP contribution in [-0.4, -0.2) is 45.5 Å². The number of ether oxygens (including phenoxy) is 5. The first kappa shape index (κ1) is 39.8. The van der Waals surface area contributed by atoms with Gasteiger partial charge in [-0.1, -0.05) is 90.5 Å². The molecule has 0 bridgehead atoms. The number of para-hydroxylation sites is 2. The normalized spacial score (nSPS) is 10.5. The SMILES string of the molecule is COc1ccc(-c2cc(-c3ccc(C)cc3)nc(-c3cccc(OC)c3)c2)cc1.COc1cccc(-c2cc(-c3ccccc3OC)nc(-c3ccccc3OC)c2)c1. The molecule has 0 unspecified atom stereocenters. The van der Waals surface area contributed by atoms with Crippen LogP contribution in [0.15, 0.2) is 170 Å². The fourth-order valence-corrected chi connectivity index (χ4v) is 6.77. The topological polar surface area (TPSA) is 71.9 Å². The maximum absolute atomic E-state index is 5.59. The third kappa shape index (κ3) is 9.43. The summed E-state index contributed by atoms with van der Waals surface area (Å²) in [5, 5.41) is 0.